The molecule has 0 radical (unpaired) electrons. The molecule has 4 rings (SSSR count). The number of rotatable bonds is 3. The zero-order valence-electron chi connectivity index (χ0n) is 14.3. The average Bonchev–Trinajstić information content (AvgIpc) is 3.26. The third-order valence-electron chi connectivity index (χ3n) is 4.10. The van der Waals surface area contributed by atoms with Crippen molar-refractivity contribution in [3.8, 4) is 11.6 Å². The first-order chi connectivity index (χ1) is 12.9. The molecule has 3 heterocycles. The number of hydrogen-bond acceptors (Lipinski definition) is 5. The maximum absolute atomic E-state index is 13.8. The van der Waals surface area contributed by atoms with Gasteiger partial charge in [0.1, 0.15) is 16.5 Å². The van der Waals surface area contributed by atoms with Gasteiger partial charge in [-0.25, -0.2) is 18.7 Å². The first-order valence-corrected chi connectivity index (χ1v) is 8.83. The Morgan fingerprint density at radius 1 is 1.19 bits per heavy atom. The van der Waals surface area contributed by atoms with Gasteiger partial charge in [-0.05, 0) is 43.7 Å². The van der Waals surface area contributed by atoms with Gasteiger partial charge in [-0.2, -0.15) is 0 Å². The van der Waals surface area contributed by atoms with E-state index >= 15 is 0 Å². The van der Waals surface area contributed by atoms with Gasteiger partial charge in [-0.1, -0.05) is 0 Å². The summed E-state index contributed by atoms with van der Waals surface area (Å²) in [5.41, 5.74) is 1.18. The van der Waals surface area contributed by atoms with Gasteiger partial charge in [-0.15, -0.1) is 11.3 Å². The molecule has 5 nitrogen and oxygen atoms in total. The third kappa shape index (κ3) is 3.08. The van der Waals surface area contributed by atoms with Crippen molar-refractivity contribution in [1.82, 2.24) is 9.97 Å². The predicted octanol–water partition coefficient (Wildman–Crippen LogP) is 5.10. The van der Waals surface area contributed by atoms with Crippen LogP contribution in [0, 0.1) is 25.5 Å². The number of carbonyl (C=O) groups excluding carboxylic acids is 1. The number of furan rings is 1. The molecule has 3 aromatic heterocycles. The van der Waals surface area contributed by atoms with E-state index in [0.29, 0.717) is 32.5 Å². The van der Waals surface area contributed by atoms with Crippen molar-refractivity contribution < 1.29 is 18.0 Å². The number of aryl methyl sites for hydroxylation is 2. The van der Waals surface area contributed by atoms with Gasteiger partial charge in [-0.3, -0.25) is 4.79 Å². The Morgan fingerprint density at radius 2 is 2.00 bits per heavy atom. The largest absolute Gasteiger partial charge is 0.461 e. The van der Waals surface area contributed by atoms with E-state index in [-0.39, 0.29) is 5.69 Å². The second-order valence-electron chi connectivity index (χ2n) is 5.92. The molecule has 0 unspecified atom stereocenters. The molecule has 1 amide bonds. The molecule has 0 saturated heterocycles. The second kappa shape index (κ2) is 6.55. The van der Waals surface area contributed by atoms with Gasteiger partial charge < -0.3 is 9.73 Å². The van der Waals surface area contributed by atoms with Crippen LogP contribution in [-0.4, -0.2) is 15.9 Å². The zero-order chi connectivity index (χ0) is 19.1. The summed E-state index contributed by atoms with van der Waals surface area (Å²) in [6, 6.07) is 6.39. The van der Waals surface area contributed by atoms with Crippen LogP contribution in [0.25, 0.3) is 21.8 Å². The van der Waals surface area contributed by atoms with Crippen LogP contribution in [0.2, 0.25) is 0 Å². The summed E-state index contributed by atoms with van der Waals surface area (Å²) >= 11 is 1.17. The van der Waals surface area contributed by atoms with Crippen LogP contribution in [0.1, 0.15) is 20.9 Å². The fourth-order valence-corrected chi connectivity index (χ4v) is 3.97. The molecule has 1 N–H and O–H groups in total. The van der Waals surface area contributed by atoms with E-state index in [1.54, 1.807) is 19.1 Å². The molecule has 0 fully saturated rings. The topological polar surface area (TPSA) is 68.0 Å². The molecule has 0 saturated carbocycles. The summed E-state index contributed by atoms with van der Waals surface area (Å²) in [6.45, 7) is 3.60. The van der Waals surface area contributed by atoms with E-state index in [4.69, 9.17) is 4.42 Å². The van der Waals surface area contributed by atoms with Gasteiger partial charge in [0.2, 0.25) is 0 Å². The Labute approximate surface area is 156 Å². The molecule has 4 aromatic rings. The van der Waals surface area contributed by atoms with E-state index in [1.807, 2.05) is 6.92 Å². The number of fused-ring (bicyclic) bond motifs is 1. The number of benzene rings is 1. The molecule has 0 aliphatic carbocycles. The SMILES string of the molecule is Cc1nc(-c2ccco2)nc2sc(C(=O)Nc3cc(F)ccc3F)c(C)c12. The molecular weight excluding hydrogens is 372 g/mol. The summed E-state index contributed by atoms with van der Waals surface area (Å²) in [6.07, 6.45) is 1.53. The third-order valence-corrected chi connectivity index (χ3v) is 5.28. The number of carbonyl (C=O) groups is 1. The quantitative estimate of drug-likeness (QED) is 0.533. The lowest BCUT2D eigenvalue weighted by Crippen LogP contribution is -2.12. The van der Waals surface area contributed by atoms with Crippen molar-refractivity contribution in [2.45, 2.75) is 13.8 Å². The van der Waals surface area contributed by atoms with Gasteiger partial charge in [0, 0.05) is 11.5 Å². The van der Waals surface area contributed by atoms with Crippen LogP contribution in [0.15, 0.2) is 41.0 Å². The molecule has 0 atom stereocenters. The number of thiophene rings is 1. The number of nitrogens with one attached hydrogen (secondary N) is 1. The first kappa shape index (κ1) is 17.3. The van der Waals surface area contributed by atoms with Crippen molar-refractivity contribution in [3.05, 3.63) is 64.4 Å². The summed E-state index contributed by atoms with van der Waals surface area (Å²) in [7, 11) is 0. The number of amides is 1. The minimum absolute atomic E-state index is 0.212. The molecule has 0 bridgehead atoms. The fourth-order valence-electron chi connectivity index (χ4n) is 2.84. The molecule has 0 aliphatic heterocycles. The number of halogens is 2. The van der Waals surface area contributed by atoms with Crippen LogP contribution in [0.5, 0.6) is 0 Å². The van der Waals surface area contributed by atoms with E-state index < -0.39 is 17.5 Å². The lowest BCUT2D eigenvalue weighted by Gasteiger charge is -2.06. The molecule has 27 heavy (non-hydrogen) atoms. The summed E-state index contributed by atoms with van der Waals surface area (Å²) < 4.78 is 32.5. The highest BCUT2D eigenvalue weighted by molar-refractivity contribution is 7.20. The summed E-state index contributed by atoms with van der Waals surface area (Å²) in [4.78, 5) is 22.5. The van der Waals surface area contributed by atoms with Gasteiger partial charge >= 0.3 is 0 Å². The van der Waals surface area contributed by atoms with Gasteiger partial charge in [0.25, 0.3) is 5.91 Å². The van der Waals surface area contributed by atoms with Crippen LogP contribution in [0.3, 0.4) is 0 Å². The Hall–Kier alpha value is -3.13. The molecule has 0 spiro atoms. The van der Waals surface area contributed by atoms with Gasteiger partial charge in [0.05, 0.1) is 22.5 Å². The van der Waals surface area contributed by atoms with Crippen molar-refractivity contribution in [2.75, 3.05) is 5.32 Å². The molecule has 8 heteroatoms. The predicted molar refractivity (Wildman–Crippen MR) is 98.9 cm³/mol. The summed E-state index contributed by atoms with van der Waals surface area (Å²) in [5.74, 6) is -0.920. The van der Waals surface area contributed by atoms with Crippen LogP contribution in [0.4, 0.5) is 14.5 Å². The first-order valence-electron chi connectivity index (χ1n) is 8.02. The molecule has 136 valence electrons. The van der Waals surface area contributed by atoms with Crippen molar-refractivity contribution in [1.29, 1.82) is 0 Å². The fraction of sp³-hybridized carbons (Fsp3) is 0.105. The second-order valence-corrected chi connectivity index (χ2v) is 6.92. The molecule has 1 aromatic carbocycles. The smallest absolute Gasteiger partial charge is 0.266 e. The molecular formula is C19H13F2N3O2S. The standard InChI is InChI=1S/C19H13F2N3O2S/c1-9-15-10(2)22-17(14-4-3-7-26-14)24-19(15)27-16(9)18(25)23-13-8-11(20)5-6-12(13)21/h3-8H,1-2H3,(H,23,25). The lowest BCUT2D eigenvalue weighted by molar-refractivity contribution is 0.102. The average molecular weight is 385 g/mol. The van der Waals surface area contributed by atoms with Gasteiger partial charge in [0.15, 0.2) is 11.6 Å². The Balaban J connectivity index is 1.76. The maximum atomic E-state index is 13.8. The highest BCUT2D eigenvalue weighted by Crippen LogP contribution is 2.33. The number of hydrogen-bond donors (Lipinski definition) is 1. The monoisotopic (exact) mass is 385 g/mol. The minimum atomic E-state index is -0.709. The van der Waals surface area contributed by atoms with Crippen LogP contribution in [-0.2, 0) is 0 Å². The number of anilines is 1. The maximum Gasteiger partial charge on any atom is 0.266 e. The number of nitrogens with zero attached hydrogens (tertiary/aromatic N) is 2. The van der Waals surface area contributed by atoms with E-state index in [1.165, 1.54) is 17.6 Å². The zero-order valence-corrected chi connectivity index (χ0v) is 15.2. The normalized spacial score (nSPS) is 11.1. The summed E-state index contributed by atoms with van der Waals surface area (Å²) in [5, 5.41) is 3.18. The van der Waals surface area contributed by atoms with E-state index in [0.717, 1.165) is 23.6 Å². The van der Waals surface area contributed by atoms with Crippen molar-refractivity contribution in [3.63, 3.8) is 0 Å². The highest BCUT2D eigenvalue weighted by Gasteiger charge is 2.21. The highest BCUT2D eigenvalue weighted by atomic mass is 32.1. The van der Waals surface area contributed by atoms with Crippen molar-refractivity contribution in [2.24, 2.45) is 0 Å². The Morgan fingerprint density at radius 3 is 2.74 bits per heavy atom. The van der Waals surface area contributed by atoms with Crippen LogP contribution >= 0.6 is 11.3 Å². The lowest BCUT2D eigenvalue weighted by atomic mass is 10.1. The van der Waals surface area contributed by atoms with E-state index in [2.05, 4.69) is 15.3 Å². The minimum Gasteiger partial charge on any atom is -0.461 e. The van der Waals surface area contributed by atoms with E-state index in [9.17, 15) is 13.6 Å². The molecule has 0 aliphatic rings. The number of aromatic nitrogens is 2. The Bertz CT molecular complexity index is 1170. The van der Waals surface area contributed by atoms with Crippen molar-refractivity contribution >= 4 is 33.1 Å². The van der Waals surface area contributed by atoms with Crippen LogP contribution < -0.4 is 5.32 Å². The Kier molecular flexibility index (Phi) is 4.19.